The maximum Gasteiger partial charge on any atom is 0.228 e. The topological polar surface area (TPSA) is 50.3 Å². The van der Waals surface area contributed by atoms with Crippen LogP contribution in [0.5, 0.6) is 5.88 Å². The number of hydrogen-bond donors (Lipinski definition) is 1. The molecule has 0 spiro atoms. The largest absolute Gasteiger partial charge is 0.481 e. The number of aromatic nitrogens is 2. The Kier molecular flexibility index (Phi) is 5.17. The highest BCUT2D eigenvalue weighted by molar-refractivity contribution is 5.35. The van der Waals surface area contributed by atoms with Crippen molar-refractivity contribution >= 4 is 5.95 Å². The number of nitrogens with one attached hydrogen (secondary N) is 1. The van der Waals surface area contributed by atoms with Gasteiger partial charge in [-0.1, -0.05) is 13.8 Å². The summed E-state index contributed by atoms with van der Waals surface area (Å²) >= 11 is 0. The van der Waals surface area contributed by atoms with Gasteiger partial charge in [-0.2, -0.15) is 4.98 Å². The number of aryl methyl sites for hydroxylation is 1. The summed E-state index contributed by atoms with van der Waals surface area (Å²) in [6.45, 7) is 9.48. The van der Waals surface area contributed by atoms with Crippen molar-refractivity contribution < 1.29 is 4.74 Å². The first-order valence-corrected chi connectivity index (χ1v) is 7.46. The lowest BCUT2D eigenvalue weighted by atomic mass is 9.98. The predicted molar refractivity (Wildman–Crippen MR) is 81.4 cm³/mol. The zero-order valence-corrected chi connectivity index (χ0v) is 13.0. The number of nitrogens with zero attached hydrogens (tertiary/aromatic N) is 3. The minimum Gasteiger partial charge on any atom is -0.481 e. The van der Waals surface area contributed by atoms with E-state index in [9.17, 15) is 0 Å². The van der Waals surface area contributed by atoms with Gasteiger partial charge in [0.2, 0.25) is 11.8 Å². The Morgan fingerprint density at radius 3 is 2.95 bits per heavy atom. The number of hydrogen-bond acceptors (Lipinski definition) is 5. The third-order valence-corrected chi connectivity index (χ3v) is 3.64. The number of piperidine rings is 1. The van der Waals surface area contributed by atoms with Gasteiger partial charge in [-0.3, -0.25) is 0 Å². The van der Waals surface area contributed by atoms with Crippen LogP contribution in [-0.4, -0.2) is 42.8 Å². The predicted octanol–water partition coefficient (Wildman–Crippen LogP) is 2.01. The van der Waals surface area contributed by atoms with Gasteiger partial charge in [0, 0.05) is 30.9 Å². The molecule has 1 aliphatic rings. The van der Waals surface area contributed by atoms with Crippen molar-refractivity contribution in [3.8, 4) is 5.88 Å². The lowest BCUT2D eigenvalue weighted by Gasteiger charge is -2.33. The summed E-state index contributed by atoms with van der Waals surface area (Å²) < 4.78 is 5.24. The van der Waals surface area contributed by atoms with Gasteiger partial charge in [0.15, 0.2) is 0 Å². The van der Waals surface area contributed by atoms with Gasteiger partial charge in [0.25, 0.3) is 0 Å². The molecular formula is C15H26N4O. The molecule has 112 valence electrons. The molecule has 20 heavy (non-hydrogen) atoms. The van der Waals surface area contributed by atoms with Crippen LogP contribution in [0.4, 0.5) is 5.95 Å². The van der Waals surface area contributed by atoms with Gasteiger partial charge in [-0.15, -0.1) is 0 Å². The molecule has 1 unspecified atom stereocenters. The standard InChI is InChI=1S/C15H26N4O/c1-11(2)16-9-13-6-5-7-19(10-13)15-17-12(3)8-14(18-15)20-4/h8,11,13,16H,5-7,9-10H2,1-4H3. The van der Waals surface area contributed by atoms with Crippen LogP contribution in [0, 0.1) is 12.8 Å². The number of rotatable bonds is 5. The van der Waals surface area contributed by atoms with Crippen LogP contribution in [-0.2, 0) is 0 Å². The molecule has 0 saturated carbocycles. The molecule has 5 heteroatoms. The van der Waals surface area contributed by atoms with Crippen LogP contribution in [0.15, 0.2) is 6.07 Å². The van der Waals surface area contributed by atoms with E-state index in [-0.39, 0.29) is 0 Å². The van der Waals surface area contributed by atoms with E-state index in [0.717, 1.165) is 31.3 Å². The third-order valence-electron chi connectivity index (χ3n) is 3.64. The van der Waals surface area contributed by atoms with Gasteiger partial charge in [0.05, 0.1) is 7.11 Å². The molecule has 1 aromatic heterocycles. The Labute approximate surface area is 121 Å². The number of ether oxygens (including phenoxy) is 1. The summed E-state index contributed by atoms with van der Waals surface area (Å²) in [6.07, 6.45) is 2.48. The lowest BCUT2D eigenvalue weighted by molar-refractivity contribution is 0.372. The zero-order chi connectivity index (χ0) is 14.5. The molecule has 0 aromatic carbocycles. The van der Waals surface area contributed by atoms with Crippen LogP contribution in [0.3, 0.4) is 0 Å². The molecule has 0 bridgehead atoms. The first kappa shape index (κ1) is 15.0. The Morgan fingerprint density at radius 1 is 1.45 bits per heavy atom. The van der Waals surface area contributed by atoms with E-state index in [0.29, 0.717) is 17.8 Å². The van der Waals surface area contributed by atoms with E-state index in [1.807, 2.05) is 13.0 Å². The van der Waals surface area contributed by atoms with Crippen LogP contribution >= 0.6 is 0 Å². The van der Waals surface area contributed by atoms with E-state index < -0.39 is 0 Å². The quantitative estimate of drug-likeness (QED) is 0.893. The summed E-state index contributed by atoms with van der Waals surface area (Å²) in [6, 6.07) is 2.41. The molecule has 1 aromatic rings. The molecule has 0 aliphatic carbocycles. The molecule has 1 atom stereocenters. The highest BCUT2D eigenvalue weighted by Crippen LogP contribution is 2.22. The minimum atomic E-state index is 0.542. The average molecular weight is 278 g/mol. The van der Waals surface area contributed by atoms with Gasteiger partial charge in [-0.05, 0) is 32.2 Å². The highest BCUT2D eigenvalue weighted by atomic mass is 16.5. The molecule has 1 saturated heterocycles. The van der Waals surface area contributed by atoms with Crippen LogP contribution in [0.1, 0.15) is 32.4 Å². The summed E-state index contributed by atoms with van der Waals surface area (Å²) in [5.41, 5.74) is 0.953. The maximum absolute atomic E-state index is 5.24. The second kappa shape index (κ2) is 6.88. The molecular weight excluding hydrogens is 252 g/mol. The fourth-order valence-corrected chi connectivity index (χ4v) is 2.59. The van der Waals surface area contributed by atoms with E-state index in [1.165, 1.54) is 12.8 Å². The Hall–Kier alpha value is -1.36. The smallest absolute Gasteiger partial charge is 0.228 e. The summed E-state index contributed by atoms with van der Waals surface area (Å²) in [7, 11) is 1.65. The van der Waals surface area contributed by atoms with Gasteiger partial charge in [-0.25, -0.2) is 4.98 Å². The molecule has 1 fully saturated rings. The van der Waals surface area contributed by atoms with Crippen LogP contribution < -0.4 is 15.0 Å². The van der Waals surface area contributed by atoms with Gasteiger partial charge >= 0.3 is 0 Å². The molecule has 1 aliphatic heterocycles. The Bertz CT molecular complexity index is 436. The van der Waals surface area contributed by atoms with Crippen LogP contribution in [0.25, 0.3) is 0 Å². The van der Waals surface area contributed by atoms with Crippen molar-refractivity contribution in [1.29, 1.82) is 0 Å². The highest BCUT2D eigenvalue weighted by Gasteiger charge is 2.22. The molecule has 0 radical (unpaired) electrons. The molecule has 5 nitrogen and oxygen atoms in total. The van der Waals surface area contributed by atoms with E-state index in [4.69, 9.17) is 4.74 Å². The second-order valence-corrected chi connectivity index (χ2v) is 5.87. The van der Waals surface area contributed by atoms with Crippen molar-refractivity contribution in [2.24, 2.45) is 5.92 Å². The number of methoxy groups -OCH3 is 1. The van der Waals surface area contributed by atoms with E-state index >= 15 is 0 Å². The average Bonchev–Trinajstić information content (AvgIpc) is 2.44. The van der Waals surface area contributed by atoms with Gasteiger partial charge in [0.1, 0.15) is 0 Å². The van der Waals surface area contributed by atoms with Crippen molar-refractivity contribution in [3.05, 3.63) is 11.8 Å². The molecule has 0 amide bonds. The fourth-order valence-electron chi connectivity index (χ4n) is 2.59. The number of anilines is 1. The third kappa shape index (κ3) is 4.07. The minimum absolute atomic E-state index is 0.542. The molecule has 2 rings (SSSR count). The zero-order valence-electron chi connectivity index (χ0n) is 13.0. The fraction of sp³-hybridized carbons (Fsp3) is 0.733. The van der Waals surface area contributed by atoms with Crippen molar-refractivity contribution in [1.82, 2.24) is 15.3 Å². The summed E-state index contributed by atoms with van der Waals surface area (Å²) in [4.78, 5) is 11.3. The van der Waals surface area contributed by atoms with E-state index in [2.05, 4.69) is 34.0 Å². The van der Waals surface area contributed by atoms with E-state index in [1.54, 1.807) is 7.11 Å². The van der Waals surface area contributed by atoms with Crippen molar-refractivity contribution in [2.45, 2.75) is 39.7 Å². The second-order valence-electron chi connectivity index (χ2n) is 5.87. The lowest BCUT2D eigenvalue weighted by Crippen LogP contribution is -2.41. The summed E-state index contributed by atoms with van der Waals surface area (Å²) in [5.74, 6) is 2.12. The monoisotopic (exact) mass is 278 g/mol. The van der Waals surface area contributed by atoms with Crippen molar-refractivity contribution in [3.63, 3.8) is 0 Å². The molecule has 1 N–H and O–H groups in total. The summed E-state index contributed by atoms with van der Waals surface area (Å²) in [5, 5.41) is 3.53. The maximum atomic E-state index is 5.24. The van der Waals surface area contributed by atoms with Gasteiger partial charge < -0.3 is 15.0 Å². The normalized spacial score (nSPS) is 19.4. The first-order valence-electron chi connectivity index (χ1n) is 7.46. The SMILES string of the molecule is COc1cc(C)nc(N2CCCC(CNC(C)C)C2)n1. The Balaban J connectivity index is 2.02. The molecule has 2 heterocycles. The first-order chi connectivity index (χ1) is 9.58. The van der Waals surface area contributed by atoms with Crippen LogP contribution in [0.2, 0.25) is 0 Å². The Morgan fingerprint density at radius 2 is 2.25 bits per heavy atom. The van der Waals surface area contributed by atoms with Crippen molar-refractivity contribution in [2.75, 3.05) is 31.6 Å².